The van der Waals surface area contributed by atoms with E-state index >= 15 is 0 Å². The van der Waals surface area contributed by atoms with Crippen molar-refractivity contribution in [2.75, 3.05) is 18.4 Å². The van der Waals surface area contributed by atoms with E-state index in [4.69, 9.17) is 9.97 Å². The van der Waals surface area contributed by atoms with Gasteiger partial charge in [-0.15, -0.1) is 0 Å². The van der Waals surface area contributed by atoms with Gasteiger partial charge in [0.15, 0.2) is 0 Å². The monoisotopic (exact) mass is 376 g/mol. The third-order valence-corrected chi connectivity index (χ3v) is 5.23. The lowest BCUT2D eigenvalue weighted by Crippen LogP contribution is -2.35. The van der Waals surface area contributed by atoms with Crippen LogP contribution in [0.15, 0.2) is 42.6 Å². The summed E-state index contributed by atoms with van der Waals surface area (Å²) in [4.78, 5) is 14.0. The Morgan fingerprint density at radius 3 is 2.71 bits per heavy atom. The van der Waals surface area contributed by atoms with Gasteiger partial charge in [0.25, 0.3) is 0 Å². The van der Waals surface area contributed by atoms with Gasteiger partial charge in [-0.1, -0.05) is 6.08 Å². The normalized spacial score (nSPS) is 16.3. The average molecular weight is 376 g/mol. The summed E-state index contributed by atoms with van der Waals surface area (Å²) in [6, 6.07) is 8.72. The lowest BCUT2D eigenvalue weighted by atomic mass is 10.1. The molecule has 3 aromatic rings. The first-order valence-corrected chi connectivity index (χ1v) is 9.62. The summed E-state index contributed by atoms with van der Waals surface area (Å²) >= 11 is 0. The van der Waals surface area contributed by atoms with Crippen LogP contribution < -0.4 is 10.6 Å². The van der Waals surface area contributed by atoms with E-state index < -0.39 is 0 Å². The van der Waals surface area contributed by atoms with Crippen molar-refractivity contribution < 1.29 is 4.39 Å². The molecule has 2 aromatic heterocycles. The number of halogens is 1. The predicted molar refractivity (Wildman–Crippen MR) is 107 cm³/mol. The first-order valence-electron chi connectivity index (χ1n) is 9.62. The van der Waals surface area contributed by atoms with Crippen LogP contribution in [-0.4, -0.2) is 38.7 Å². The highest BCUT2D eigenvalue weighted by Crippen LogP contribution is 2.34. The van der Waals surface area contributed by atoms with Crippen molar-refractivity contribution in [3.63, 3.8) is 0 Å². The molecule has 0 unspecified atom stereocenters. The number of allylic oxidation sites excluding steroid dienone is 1. The van der Waals surface area contributed by atoms with Crippen LogP contribution in [0.1, 0.15) is 18.7 Å². The van der Waals surface area contributed by atoms with Gasteiger partial charge in [0.05, 0.1) is 17.1 Å². The highest BCUT2D eigenvalue weighted by Gasteiger charge is 2.22. The van der Waals surface area contributed by atoms with E-state index in [0.717, 1.165) is 60.8 Å². The molecular formula is C21H21FN6. The van der Waals surface area contributed by atoms with Crippen molar-refractivity contribution >= 4 is 12.1 Å². The molecule has 6 nitrogen and oxygen atoms in total. The van der Waals surface area contributed by atoms with Gasteiger partial charge in [-0.3, -0.25) is 0 Å². The smallest absolute Gasteiger partial charge is 0.223 e. The van der Waals surface area contributed by atoms with E-state index in [2.05, 4.69) is 26.3 Å². The fraction of sp³-hybridized carbons (Fsp3) is 0.286. The molecule has 0 aliphatic carbocycles. The van der Waals surface area contributed by atoms with Crippen molar-refractivity contribution in [1.82, 2.24) is 24.8 Å². The zero-order chi connectivity index (χ0) is 18.9. The van der Waals surface area contributed by atoms with E-state index in [-0.39, 0.29) is 5.82 Å². The maximum atomic E-state index is 13.4. The number of benzene rings is 1. The molecule has 1 fully saturated rings. The molecule has 2 aliphatic rings. The van der Waals surface area contributed by atoms with E-state index in [1.807, 2.05) is 12.3 Å². The summed E-state index contributed by atoms with van der Waals surface area (Å²) in [6.45, 7) is 2.01. The van der Waals surface area contributed by atoms with Gasteiger partial charge in [0.2, 0.25) is 5.95 Å². The van der Waals surface area contributed by atoms with Crippen LogP contribution in [0.4, 0.5) is 10.3 Å². The summed E-state index contributed by atoms with van der Waals surface area (Å²) in [5, 5.41) is 6.82. The summed E-state index contributed by atoms with van der Waals surface area (Å²) in [7, 11) is 0. The quantitative estimate of drug-likeness (QED) is 0.731. The van der Waals surface area contributed by atoms with E-state index in [0.29, 0.717) is 12.0 Å². The molecule has 1 saturated heterocycles. The second kappa shape index (κ2) is 7.16. The molecule has 0 bridgehead atoms. The molecule has 0 saturated carbocycles. The molecule has 1 aromatic carbocycles. The maximum Gasteiger partial charge on any atom is 0.223 e. The number of nitrogens with zero attached hydrogens (tertiary/aromatic N) is 4. The number of nitrogens with one attached hydrogen (secondary N) is 2. The molecule has 0 amide bonds. The molecular weight excluding hydrogens is 355 g/mol. The number of piperidine rings is 1. The standard InChI is InChI=1S/C21H21FN6/c22-15-5-3-14(4-6-15)19-20(28-13-1-2-18(28)27-19)17-9-12-24-21(26-17)25-16-7-10-23-11-8-16/h1,3-6,9,12-13,16,23H,2,7-8,10-11H2,(H,24,25,26). The Hall–Kier alpha value is -3.06. The number of hydrogen-bond acceptors (Lipinski definition) is 5. The van der Waals surface area contributed by atoms with Crippen LogP contribution >= 0.6 is 0 Å². The van der Waals surface area contributed by atoms with E-state index in [1.165, 1.54) is 12.1 Å². The highest BCUT2D eigenvalue weighted by molar-refractivity contribution is 5.79. The first-order chi connectivity index (χ1) is 13.8. The number of anilines is 1. The molecule has 0 atom stereocenters. The van der Waals surface area contributed by atoms with Crippen LogP contribution in [0.2, 0.25) is 0 Å². The molecule has 28 heavy (non-hydrogen) atoms. The van der Waals surface area contributed by atoms with E-state index in [9.17, 15) is 4.39 Å². The molecule has 2 aliphatic heterocycles. The molecule has 0 radical (unpaired) electrons. The van der Waals surface area contributed by atoms with Crippen LogP contribution in [0.25, 0.3) is 28.8 Å². The van der Waals surface area contributed by atoms with Crippen molar-refractivity contribution in [2.45, 2.75) is 25.3 Å². The molecule has 0 spiro atoms. The number of aromatic nitrogens is 4. The van der Waals surface area contributed by atoms with Gasteiger partial charge in [0, 0.05) is 30.4 Å². The fourth-order valence-corrected chi connectivity index (χ4v) is 3.81. The summed E-state index contributed by atoms with van der Waals surface area (Å²) < 4.78 is 15.5. The summed E-state index contributed by atoms with van der Waals surface area (Å²) in [6.07, 6.45) is 8.76. The van der Waals surface area contributed by atoms with Gasteiger partial charge in [0.1, 0.15) is 11.6 Å². The Morgan fingerprint density at radius 2 is 1.89 bits per heavy atom. The van der Waals surface area contributed by atoms with E-state index in [1.54, 1.807) is 18.3 Å². The fourth-order valence-electron chi connectivity index (χ4n) is 3.81. The summed E-state index contributed by atoms with van der Waals surface area (Å²) in [5.41, 5.74) is 3.39. The zero-order valence-corrected chi connectivity index (χ0v) is 15.4. The lowest BCUT2D eigenvalue weighted by molar-refractivity contribution is 0.477. The van der Waals surface area contributed by atoms with Gasteiger partial charge < -0.3 is 15.2 Å². The Balaban J connectivity index is 1.54. The van der Waals surface area contributed by atoms with Crippen LogP contribution in [0.3, 0.4) is 0 Å². The highest BCUT2D eigenvalue weighted by atomic mass is 19.1. The SMILES string of the molecule is Fc1ccc(-c2nc3n(c2-c2ccnc(NC4CCNCC4)n2)C=CC3)cc1. The average Bonchev–Trinajstić information content (AvgIpc) is 3.31. The minimum absolute atomic E-state index is 0.257. The minimum atomic E-state index is -0.257. The molecule has 5 rings (SSSR count). The van der Waals surface area contributed by atoms with Crippen molar-refractivity contribution in [3.8, 4) is 22.6 Å². The van der Waals surface area contributed by atoms with Crippen molar-refractivity contribution in [2.24, 2.45) is 0 Å². The molecule has 4 heterocycles. The van der Waals surface area contributed by atoms with Gasteiger partial charge in [-0.05, 0) is 56.3 Å². The number of rotatable bonds is 4. The van der Waals surface area contributed by atoms with Gasteiger partial charge in [-0.25, -0.2) is 19.3 Å². The Morgan fingerprint density at radius 1 is 1.07 bits per heavy atom. The Bertz CT molecular complexity index is 1020. The predicted octanol–water partition coefficient (Wildman–Crippen LogP) is 3.34. The number of fused-ring (bicyclic) bond motifs is 1. The van der Waals surface area contributed by atoms with Crippen LogP contribution in [0, 0.1) is 5.82 Å². The topological polar surface area (TPSA) is 67.7 Å². The largest absolute Gasteiger partial charge is 0.351 e. The second-order valence-electron chi connectivity index (χ2n) is 7.13. The Labute approximate surface area is 162 Å². The van der Waals surface area contributed by atoms with Crippen LogP contribution in [0.5, 0.6) is 0 Å². The summed E-state index contributed by atoms with van der Waals surface area (Å²) in [5.74, 6) is 1.33. The molecule has 142 valence electrons. The number of imidazole rings is 1. The zero-order valence-electron chi connectivity index (χ0n) is 15.4. The first kappa shape index (κ1) is 17.1. The van der Waals surface area contributed by atoms with Gasteiger partial charge >= 0.3 is 0 Å². The number of hydrogen-bond donors (Lipinski definition) is 2. The third kappa shape index (κ3) is 3.18. The van der Waals surface area contributed by atoms with Crippen molar-refractivity contribution in [3.05, 3.63) is 54.2 Å². The maximum absolute atomic E-state index is 13.4. The minimum Gasteiger partial charge on any atom is -0.351 e. The Kier molecular flexibility index (Phi) is 4.37. The molecule has 7 heteroatoms. The van der Waals surface area contributed by atoms with Gasteiger partial charge in [-0.2, -0.15) is 0 Å². The molecule has 2 N–H and O–H groups in total. The third-order valence-electron chi connectivity index (χ3n) is 5.23. The lowest BCUT2D eigenvalue weighted by Gasteiger charge is -2.23. The van der Waals surface area contributed by atoms with Crippen LogP contribution in [-0.2, 0) is 6.42 Å². The second-order valence-corrected chi connectivity index (χ2v) is 7.13. The van der Waals surface area contributed by atoms with Crippen molar-refractivity contribution in [1.29, 1.82) is 0 Å².